The Balaban J connectivity index is 1.51. The Hall–Kier alpha value is -4.08. The summed E-state index contributed by atoms with van der Waals surface area (Å²) in [5.41, 5.74) is 9.32. The number of rotatable bonds is 3. The molecule has 2 aromatic carbocycles. The highest BCUT2D eigenvalue weighted by molar-refractivity contribution is 5.73. The quantitative estimate of drug-likeness (QED) is 0.469. The first-order chi connectivity index (χ1) is 18.8. The molecule has 2 amide bonds. The number of nitrogens with two attached hydrogens (primary N) is 1. The van der Waals surface area contributed by atoms with Gasteiger partial charge in [0.05, 0.1) is 22.8 Å². The number of likely N-dealkylation sites (tertiary alicyclic amines) is 1. The van der Waals surface area contributed by atoms with Crippen molar-refractivity contribution in [1.29, 1.82) is 0 Å². The van der Waals surface area contributed by atoms with Crippen LogP contribution in [-0.2, 0) is 21.5 Å². The molecule has 2 aliphatic rings. The van der Waals surface area contributed by atoms with Crippen LogP contribution in [0.1, 0.15) is 61.7 Å². The number of hydrogen-bond donors (Lipinski definition) is 1. The molecule has 1 saturated heterocycles. The Morgan fingerprint density at radius 1 is 1.07 bits per heavy atom. The molecular formula is C30H36FN5O4. The Morgan fingerprint density at radius 2 is 1.70 bits per heavy atom. The van der Waals surface area contributed by atoms with Crippen molar-refractivity contribution in [1.82, 2.24) is 19.6 Å². The second-order valence-electron chi connectivity index (χ2n) is 11.9. The average Bonchev–Trinajstić information content (AvgIpc) is 3.22. The number of ether oxygens (including phenoxy) is 2. The minimum absolute atomic E-state index is 0.135. The zero-order chi connectivity index (χ0) is 29.0. The maximum atomic E-state index is 14.4. The van der Waals surface area contributed by atoms with Crippen molar-refractivity contribution >= 4 is 18.0 Å². The van der Waals surface area contributed by atoms with E-state index in [-0.39, 0.29) is 12.4 Å². The van der Waals surface area contributed by atoms with Gasteiger partial charge in [-0.25, -0.2) is 18.7 Å². The minimum Gasteiger partial charge on any atom is -0.445 e. The summed E-state index contributed by atoms with van der Waals surface area (Å²) < 4.78 is 27.3. The molecule has 40 heavy (non-hydrogen) atoms. The maximum Gasteiger partial charge on any atom is 0.410 e. The van der Waals surface area contributed by atoms with Crippen LogP contribution in [0.4, 0.5) is 19.8 Å². The van der Waals surface area contributed by atoms with Gasteiger partial charge >= 0.3 is 12.2 Å². The number of anilines is 1. The molecule has 1 atom stereocenters. The molecule has 10 heteroatoms. The Bertz CT molecular complexity index is 1430. The van der Waals surface area contributed by atoms with Crippen molar-refractivity contribution in [2.45, 2.75) is 65.2 Å². The van der Waals surface area contributed by atoms with Gasteiger partial charge in [-0.2, -0.15) is 5.10 Å². The summed E-state index contributed by atoms with van der Waals surface area (Å²) in [5, 5.41) is 4.93. The number of halogens is 1. The summed E-state index contributed by atoms with van der Waals surface area (Å²) in [6.45, 7) is 11.8. The van der Waals surface area contributed by atoms with E-state index in [1.54, 1.807) is 40.5 Å². The normalized spacial score (nSPS) is 17.8. The van der Waals surface area contributed by atoms with E-state index >= 15 is 0 Å². The fraction of sp³-hybridized carbons (Fsp3) is 0.433. The van der Waals surface area contributed by atoms with Gasteiger partial charge in [0.25, 0.3) is 0 Å². The smallest absolute Gasteiger partial charge is 0.410 e. The highest BCUT2D eigenvalue weighted by Crippen LogP contribution is 2.47. The molecule has 1 aromatic heterocycles. The first-order valence-corrected chi connectivity index (χ1v) is 13.4. The van der Waals surface area contributed by atoms with Gasteiger partial charge in [-0.15, -0.1) is 0 Å². The third-order valence-electron chi connectivity index (χ3n) is 7.56. The average molecular weight is 550 g/mol. The molecule has 0 bridgehead atoms. The summed E-state index contributed by atoms with van der Waals surface area (Å²) >= 11 is 0. The van der Waals surface area contributed by atoms with Gasteiger partial charge in [-0.3, -0.25) is 0 Å². The van der Waals surface area contributed by atoms with Crippen molar-refractivity contribution < 1.29 is 23.5 Å². The maximum absolute atomic E-state index is 14.4. The largest absolute Gasteiger partial charge is 0.445 e. The van der Waals surface area contributed by atoms with Crippen molar-refractivity contribution in [3.63, 3.8) is 0 Å². The number of aryl methyl sites for hydroxylation is 2. The summed E-state index contributed by atoms with van der Waals surface area (Å²) in [6, 6.07) is 12.4. The summed E-state index contributed by atoms with van der Waals surface area (Å²) in [6.07, 6.45) is -0.897. The van der Waals surface area contributed by atoms with Crippen LogP contribution >= 0.6 is 0 Å². The number of fused-ring (bicyclic) bond motifs is 2. The Morgan fingerprint density at radius 3 is 2.30 bits per heavy atom. The van der Waals surface area contributed by atoms with E-state index < -0.39 is 29.2 Å². The van der Waals surface area contributed by atoms with Crippen LogP contribution in [0.5, 0.6) is 0 Å². The molecule has 0 unspecified atom stereocenters. The fourth-order valence-electron chi connectivity index (χ4n) is 5.60. The van der Waals surface area contributed by atoms with Gasteiger partial charge in [0.15, 0.2) is 0 Å². The molecule has 0 saturated carbocycles. The summed E-state index contributed by atoms with van der Waals surface area (Å²) in [4.78, 5) is 29.5. The lowest BCUT2D eigenvalue weighted by atomic mass is 9.71. The molecule has 3 heterocycles. The van der Waals surface area contributed by atoms with Gasteiger partial charge in [-0.05, 0) is 70.4 Å². The lowest BCUT2D eigenvalue weighted by molar-refractivity contribution is -0.0267. The van der Waals surface area contributed by atoms with Gasteiger partial charge in [0.2, 0.25) is 0 Å². The van der Waals surface area contributed by atoms with Gasteiger partial charge in [-0.1, -0.05) is 30.3 Å². The number of nitrogen functional groups attached to an aromatic ring is 1. The van der Waals surface area contributed by atoms with E-state index in [0.29, 0.717) is 47.8 Å². The van der Waals surface area contributed by atoms with Crippen LogP contribution in [0.3, 0.4) is 0 Å². The highest BCUT2D eigenvalue weighted by Gasteiger charge is 2.56. The standard InChI is InChI=1S/C30H36FN5O4/c1-18-12-22(13-19(2)24(18)31)36-26(32)23-20(3)35(28(38)39-14-21-10-8-7-9-11-21)17-30(25(23)33-36)15-34(16-30)27(37)40-29(4,5)6/h7-13,20H,14-17,32H2,1-6H3/t20-/m0/s1. The molecule has 3 aromatic rings. The first-order valence-electron chi connectivity index (χ1n) is 13.4. The third kappa shape index (κ3) is 4.87. The van der Waals surface area contributed by atoms with Gasteiger partial charge in [0.1, 0.15) is 23.8 Å². The molecule has 2 N–H and O–H groups in total. The van der Waals surface area contributed by atoms with Crippen molar-refractivity contribution in [2.75, 3.05) is 25.4 Å². The molecule has 1 spiro atoms. The molecule has 0 radical (unpaired) electrons. The molecule has 1 fully saturated rings. The van der Waals surface area contributed by atoms with Crippen LogP contribution in [0.25, 0.3) is 5.69 Å². The third-order valence-corrected chi connectivity index (χ3v) is 7.56. The number of benzene rings is 2. The summed E-state index contributed by atoms with van der Waals surface area (Å²) in [7, 11) is 0. The molecular weight excluding hydrogens is 513 g/mol. The van der Waals surface area contributed by atoms with Crippen LogP contribution in [0.2, 0.25) is 0 Å². The van der Waals surface area contributed by atoms with E-state index in [9.17, 15) is 14.0 Å². The van der Waals surface area contributed by atoms with Crippen LogP contribution in [0.15, 0.2) is 42.5 Å². The van der Waals surface area contributed by atoms with Crippen LogP contribution in [-0.4, -0.2) is 57.0 Å². The van der Waals surface area contributed by atoms with E-state index in [1.807, 2.05) is 58.0 Å². The molecule has 212 valence electrons. The van der Waals surface area contributed by atoms with Crippen LogP contribution in [0, 0.1) is 19.7 Å². The summed E-state index contributed by atoms with van der Waals surface area (Å²) in [5.74, 6) is 0.0898. The van der Waals surface area contributed by atoms with E-state index in [2.05, 4.69) is 0 Å². The van der Waals surface area contributed by atoms with Crippen molar-refractivity contribution in [3.05, 3.63) is 76.2 Å². The molecule has 9 nitrogen and oxygen atoms in total. The molecule has 0 aliphatic carbocycles. The monoisotopic (exact) mass is 549 g/mol. The minimum atomic E-state index is -0.659. The number of nitrogens with zero attached hydrogens (tertiary/aromatic N) is 4. The lowest BCUT2D eigenvalue weighted by Crippen LogP contribution is -2.68. The number of carbonyl (C=O) groups is 2. The van der Waals surface area contributed by atoms with Crippen molar-refractivity contribution in [3.8, 4) is 5.69 Å². The lowest BCUT2D eigenvalue weighted by Gasteiger charge is -2.54. The van der Waals surface area contributed by atoms with Gasteiger partial charge in [0, 0.05) is 25.2 Å². The number of hydrogen-bond acceptors (Lipinski definition) is 6. The highest BCUT2D eigenvalue weighted by atomic mass is 19.1. The molecule has 2 aliphatic heterocycles. The van der Waals surface area contributed by atoms with Gasteiger partial charge < -0.3 is 25.0 Å². The Kier molecular flexibility index (Phi) is 6.76. The first kappa shape index (κ1) is 27.5. The predicted molar refractivity (Wildman–Crippen MR) is 149 cm³/mol. The molecule has 5 rings (SSSR count). The number of carbonyl (C=O) groups excluding carboxylic acids is 2. The number of amides is 2. The predicted octanol–water partition coefficient (Wildman–Crippen LogP) is 5.41. The Labute approximate surface area is 233 Å². The van der Waals surface area contributed by atoms with Crippen molar-refractivity contribution in [2.24, 2.45) is 0 Å². The SMILES string of the molecule is Cc1cc(-n2nc3c(c2N)[C@H](C)N(C(=O)OCc2ccccc2)CC32CN(C(=O)OC(C)(C)C)C2)cc(C)c1F. The topological polar surface area (TPSA) is 103 Å². The fourth-order valence-corrected chi connectivity index (χ4v) is 5.60. The van der Waals surface area contributed by atoms with E-state index in [1.165, 1.54) is 0 Å². The second kappa shape index (κ2) is 9.83. The zero-order valence-corrected chi connectivity index (χ0v) is 23.8. The zero-order valence-electron chi connectivity index (χ0n) is 23.8. The van der Waals surface area contributed by atoms with E-state index in [0.717, 1.165) is 11.3 Å². The van der Waals surface area contributed by atoms with Crippen LogP contribution < -0.4 is 5.73 Å². The van der Waals surface area contributed by atoms with E-state index in [4.69, 9.17) is 20.3 Å². The number of aromatic nitrogens is 2. The second-order valence-corrected chi connectivity index (χ2v) is 11.9.